The summed E-state index contributed by atoms with van der Waals surface area (Å²) in [6.07, 6.45) is 0.392. The summed E-state index contributed by atoms with van der Waals surface area (Å²) < 4.78 is 38.2. The van der Waals surface area contributed by atoms with Crippen LogP contribution in [0.15, 0.2) is 30.3 Å². The summed E-state index contributed by atoms with van der Waals surface area (Å²) in [4.78, 5) is 0. The van der Waals surface area contributed by atoms with Crippen LogP contribution in [0.3, 0.4) is 0 Å². The minimum Gasteiger partial charge on any atom is -0.497 e. The van der Waals surface area contributed by atoms with Crippen molar-refractivity contribution in [2.75, 3.05) is 7.11 Å². The third kappa shape index (κ3) is 2.11. The van der Waals surface area contributed by atoms with Crippen molar-refractivity contribution in [1.29, 1.82) is 0 Å². The van der Waals surface area contributed by atoms with Crippen molar-refractivity contribution in [1.82, 2.24) is 0 Å². The van der Waals surface area contributed by atoms with E-state index in [-0.39, 0.29) is 11.7 Å². The maximum atomic E-state index is 14.0. The summed E-state index contributed by atoms with van der Waals surface area (Å²) in [6, 6.07) is 6.83. The van der Waals surface area contributed by atoms with Crippen molar-refractivity contribution in [3.05, 3.63) is 54.5 Å². The maximum absolute atomic E-state index is 14.0. The molecule has 3 rings (SSSR count). The van der Waals surface area contributed by atoms with Crippen LogP contribution in [0.2, 0.25) is 0 Å². The third-order valence-corrected chi connectivity index (χ3v) is 3.33. The summed E-state index contributed by atoms with van der Waals surface area (Å²) >= 11 is 0. The van der Waals surface area contributed by atoms with Crippen LogP contribution in [0.25, 0.3) is 11.1 Å². The minimum absolute atomic E-state index is 0.161. The zero-order chi connectivity index (χ0) is 14.3. The molecule has 2 aromatic rings. The van der Waals surface area contributed by atoms with E-state index in [0.29, 0.717) is 23.5 Å². The molecule has 20 heavy (non-hydrogen) atoms. The lowest BCUT2D eigenvalue weighted by atomic mass is 9.99. The molecule has 4 heteroatoms. The number of benzene rings is 2. The van der Waals surface area contributed by atoms with E-state index in [1.807, 2.05) is 6.07 Å². The first-order chi connectivity index (χ1) is 9.58. The van der Waals surface area contributed by atoms with Crippen molar-refractivity contribution in [3.63, 3.8) is 0 Å². The van der Waals surface area contributed by atoms with Gasteiger partial charge in [-0.3, -0.25) is 0 Å². The first kappa shape index (κ1) is 12.9. The van der Waals surface area contributed by atoms with E-state index in [2.05, 4.69) is 6.92 Å². The quantitative estimate of drug-likeness (QED) is 0.830. The molecule has 103 valence electrons. The molecule has 1 aliphatic rings. The molecule has 0 fully saturated rings. The average Bonchev–Trinajstić information content (AvgIpc) is 2.80. The molecule has 2 nitrogen and oxygen atoms in total. The van der Waals surface area contributed by atoms with Gasteiger partial charge in [-0.25, -0.2) is 8.78 Å². The highest BCUT2D eigenvalue weighted by Crippen LogP contribution is 2.42. The van der Waals surface area contributed by atoms with Gasteiger partial charge < -0.3 is 9.47 Å². The zero-order valence-electron chi connectivity index (χ0n) is 11.0. The second kappa shape index (κ2) is 4.78. The van der Waals surface area contributed by atoms with E-state index in [4.69, 9.17) is 9.47 Å². The van der Waals surface area contributed by atoms with E-state index < -0.39 is 11.6 Å². The molecule has 1 radical (unpaired) electrons. The van der Waals surface area contributed by atoms with E-state index in [0.717, 1.165) is 23.8 Å². The molecular weight excluding hydrogens is 262 g/mol. The lowest BCUT2D eigenvalue weighted by Gasteiger charge is -2.12. The highest BCUT2D eigenvalue weighted by molar-refractivity contribution is 5.75. The second-order valence-corrected chi connectivity index (χ2v) is 4.73. The third-order valence-electron chi connectivity index (χ3n) is 3.33. The number of methoxy groups -OCH3 is 1. The summed E-state index contributed by atoms with van der Waals surface area (Å²) in [5.41, 5.74) is 1.54. The van der Waals surface area contributed by atoms with Gasteiger partial charge in [0.05, 0.1) is 7.11 Å². The molecule has 0 spiro atoms. The molecule has 2 aromatic carbocycles. The molecule has 0 N–H and O–H groups in total. The van der Waals surface area contributed by atoms with Crippen LogP contribution in [-0.2, 0) is 6.42 Å². The Morgan fingerprint density at radius 1 is 1.20 bits per heavy atom. The van der Waals surface area contributed by atoms with Crippen molar-refractivity contribution in [2.45, 2.75) is 12.5 Å². The molecule has 0 saturated carbocycles. The summed E-state index contributed by atoms with van der Waals surface area (Å²) in [7, 11) is 1.53. The van der Waals surface area contributed by atoms with Gasteiger partial charge in [0.2, 0.25) is 0 Å². The van der Waals surface area contributed by atoms with Gasteiger partial charge in [0, 0.05) is 23.1 Å². The van der Waals surface area contributed by atoms with Gasteiger partial charge in [-0.15, -0.1) is 0 Å². The Balaban J connectivity index is 2.23. The van der Waals surface area contributed by atoms with E-state index in [1.54, 1.807) is 6.07 Å². The largest absolute Gasteiger partial charge is 0.497 e. The first-order valence-corrected chi connectivity index (χ1v) is 6.24. The van der Waals surface area contributed by atoms with Gasteiger partial charge in [-0.05, 0) is 37.3 Å². The second-order valence-electron chi connectivity index (χ2n) is 4.73. The molecule has 1 unspecified atom stereocenters. The van der Waals surface area contributed by atoms with Gasteiger partial charge in [0.15, 0.2) is 0 Å². The lowest BCUT2D eigenvalue weighted by molar-refractivity contribution is 0.282. The molecule has 0 aliphatic carbocycles. The van der Waals surface area contributed by atoms with Crippen LogP contribution in [0.5, 0.6) is 11.5 Å². The fraction of sp³-hybridized carbons (Fsp3) is 0.188. The van der Waals surface area contributed by atoms with Gasteiger partial charge in [0.1, 0.15) is 29.2 Å². The van der Waals surface area contributed by atoms with Crippen molar-refractivity contribution < 1.29 is 18.3 Å². The van der Waals surface area contributed by atoms with Crippen LogP contribution in [-0.4, -0.2) is 13.2 Å². The fourth-order valence-corrected chi connectivity index (χ4v) is 2.43. The summed E-state index contributed by atoms with van der Waals surface area (Å²) in [5.74, 6) is 0.135. The Hall–Kier alpha value is -2.10. The van der Waals surface area contributed by atoms with E-state index >= 15 is 0 Å². The molecule has 0 saturated heterocycles. The minimum atomic E-state index is -0.502. The lowest BCUT2D eigenvalue weighted by Crippen LogP contribution is -2.06. The van der Waals surface area contributed by atoms with Crippen LogP contribution in [0.1, 0.15) is 5.56 Å². The molecule has 1 heterocycles. The van der Waals surface area contributed by atoms with Crippen LogP contribution in [0.4, 0.5) is 8.78 Å². The number of ether oxygens (including phenoxy) is 2. The maximum Gasteiger partial charge on any atom is 0.131 e. The number of halogens is 2. The molecule has 1 atom stereocenters. The molecular formula is C16H13F2O2. The Bertz CT molecular complexity index is 668. The van der Waals surface area contributed by atoms with Crippen LogP contribution in [0, 0.1) is 18.6 Å². The van der Waals surface area contributed by atoms with Crippen LogP contribution >= 0.6 is 0 Å². The van der Waals surface area contributed by atoms with Gasteiger partial charge >= 0.3 is 0 Å². The zero-order valence-corrected chi connectivity index (χ0v) is 11.0. The standard InChI is InChI=1S/C16H13F2O2/c1-9-5-10-6-12(19-2)8-14(16(10)20-9)13-7-11(17)3-4-15(13)18/h3-4,6-9H,1,5H2,2H3. The molecule has 1 aliphatic heterocycles. The predicted molar refractivity (Wildman–Crippen MR) is 71.8 cm³/mol. The number of hydrogen-bond acceptors (Lipinski definition) is 2. The average molecular weight is 275 g/mol. The van der Waals surface area contributed by atoms with Gasteiger partial charge in [-0.2, -0.15) is 0 Å². The topological polar surface area (TPSA) is 18.5 Å². The van der Waals surface area contributed by atoms with E-state index in [1.165, 1.54) is 7.11 Å². The molecule has 0 amide bonds. The number of fused-ring (bicyclic) bond motifs is 1. The summed E-state index contributed by atoms with van der Waals surface area (Å²) in [6.45, 7) is 3.85. The fourth-order valence-electron chi connectivity index (χ4n) is 2.43. The van der Waals surface area contributed by atoms with E-state index in [9.17, 15) is 8.78 Å². The van der Waals surface area contributed by atoms with Gasteiger partial charge in [-0.1, -0.05) is 0 Å². The first-order valence-electron chi connectivity index (χ1n) is 6.24. The van der Waals surface area contributed by atoms with Crippen molar-refractivity contribution >= 4 is 0 Å². The highest BCUT2D eigenvalue weighted by atomic mass is 19.1. The Labute approximate surface area is 116 Å². The monoisotopic (exact) mass is 275 g/mol. The Morgan fingerprint density at radius 2 is 2.00 bits per heavy atom. The van der Waals surface area contributed by atoms with Gasteiger partial charge in [0.25, 0.3) is 0 Å². The molecule has 0 aromatic heterocycles. The summed E-state index contributed by atoms with van der Waals surface area (Å²) in [5, 5.41) is 0. The Kier molecular flexibility index (Phi) is 3.08. The Morgan fingerprint density at radius 3 is 2.75 bits per heavy atom. The SMILES string of the molecule is [CH2]C1Cc2cc(OC)cc(-c3cc(F)ccc3F)c2O1. The smallest absolute Gasteiger partial charge is 0.131 e. The predicted octanol–water partition coefficient (Wildman–Crippen LogP) is 3.78. The normalized spacial score (nSPS) is 16.7. The number of rotatable bonds is 2. The number of hydrogen-bond donors (Lipinski definition) is 0. The highest BCUT2D eigenvalue weighted by Gasteiger charge is 2.25. The van der Waals surface area contributed by atoms with Crippen molar-refractivity contribution in [3.8, 4) is 22.6 Å². The molecule has 0 bridgehead atoms. The van der Waals surface area contributed by atoms with Crippen LogP contribution < -0.4 is 9.47 Å². The van der Waals surface area contributed by atoms with Crippen molar-refractivity contribution in [2.24, 2.45) is 0 Å².